The lowest BCUT2D eigenvalue weighted by atomic mass is 10.1. The molecule has 1 aliphatic rings. The van der Waals surface area contributed by atoms with Crippen molar-refractivity contribution < 1.29 is 23.9 Å². The van der Waals surface area contributed by atoms with E-state index in [1.165, 1.54) is 0 Å². The van der Waals surface area contributed by atoms with Crippen LogP contribution in [-0.2, 0) is 9.53 Å². The number of esters is 1. The van der Waals surface area contributed by atoms with Crippen molar-refractivity contribution in [1.82, 2.24) is 5.32 Å². The number of anilines is 1. The van der Waals surface area contributed by atoms with Crippen molar-refractivity contribution in [2.24, 2.45) is 0 Å². The van der Waals surface area contributed by atoms with Gasteiger partial charge in [-0.2, -0.15) is 0 Å². The summed E-state index contributed by atoms with van der Waals surface area (Å²) in [5.74, 6) is -0.713. The number of para-hydroxylation sites is 1. The first kappa shape index (κ1) is 21.4. The van der Waals surface area contributed by atoms with E-state index >= 15 is 0 Å². The highest BCUT2D eigenvalue weighted by atomic mass is 16.5. The Kier molecular flexibility index (Phi) is 7.06. The number of amides is 2. The van der Waals surface area contributed by atoms with Crippen LogP contribution in [-0.4, -0.2) is 37.0 Å². The molecule has 2 aromatic carbocycles. The number of methoxy groups -OCH3 is 1. The van der Waals surface area contributed by atoms with Gasteiger partial charge in [0.25, 0.3) is 11.8 Å². The van der Waals surface area contributed by atoms with Crippen molar-refractivity contribution in [1.29, 1.82) is 0 Å². The summed E-state index contributed by atoms with van der Waals surface area (Å²) in [7, 11) is 1.55. The first-order valence-corrected chi connectivity index (χ1v) is 10.0. The molecule has 7 nitrogen and oxygen atoms in total. The Morgan fingerprint density at radius 3 is 2.33 bits per heavy atom. The van der Waals surface area contributed by atoms with Gasteiger partial charge in [0.15, 0.2) is 6.10 Å². The smallest absolute Gasteiger partial charge is 0.341 e. The zero-order valence-corrected chi connectivity index (χ0v) is 17.1. The molecule has 158 valence electrons. The number of hydrogen-bond donors (Lipinski definition) is 2. The van der Waals surface area contributed by atoms with E-state index in [0.717, 1.165) is 25.7 Å². The number of ether oxygens (including phenoxy) is 2. The molecule has 3 rings (SSSR count). The molecule has 2 aromatic rings. The molecular weight excluding hydrogens is 384 g/mol. The summed E-state index contributed by atoms with van der Waals surface area (Å²) in [5.41, 5.74) is 0.912. The highest BCUT2D eigenvalue weighted by molar-refractivity contribution is 6.08. The van der Waals surface area contributed by atoms with Gasteiger partial charge in [0, 0.05) is 11.6 Å². The lowest BCUT2D eigenvalue weighted by molar-refractivity contribution is -0.129. The van der Waals surface area contributed by atoms with E-state index in [1.807, 2.05) is 0 Å². The molecule has 0 aromatic heterocycles. The van der Waals surface area contributed by atoms with E-state index in [0.29, 0.717) is 17.0 Å². The van der Waals surface area contributed by atoms with Gasteiger partial charge >= 0.3 is 5.97 Å². The number of rotatable bonds is 7. The zero-order chi connectivity index (χ0) is 21.5. The Hall–Kier alpha value is -3.35. The third-order valence-corrected chi connectivity index (χ3v) is 5.10. The van der Waals surface area contributed by atoms with Gasteiger partial charge in [-0.1, -0.05) is 25.0 Å². The second-order valence-electron chi connectivity index (χ2n) is 7.27. The molecule has 2 amide bonds. The van der Waals surface area contributed by atoms with Gasteiger partial charge in [-0.15, -0.1) is 0 Å². The van der Waals surface area contributed by atoms with E-state index < -0.39 is 12.1 Å². The molecular formula is C23H26N2O5. The van der Waals surface area contributed by atoms with Crippen LogP contribution in [0.2, 0.25) is 0 Å². The van der Waals surface area contributed by atoms with E-state index in [9.17, 15) is 14.4 Å². The highest BCUT2D eigenvalue weighted by Crippen LogP contribution is 2.20. The third-order valence-electron chi connectivity index (χ3n) is 5.10. The molecule has 1 fully saturated rings. The lowest BCUT2D eigenvalue weighted by Crippen LogP contribution is -2.40. The predicted octanol–water partition coefficient (Wildman–Crippen LogP) is 3.55. The van der Waals surface area contributed by atoms with Crippen LogP contribution >= 0.6 is 0 Å². The summed E-state index contributed by atoms with van der Waals surface area (Å²) in [5, 5.41) is 5.64. The fourth-order valence-electron chi connectivity index (χ4n) is 3.37. The molecule has 1 aliphatic carbocycles. The lowest BCUT2D eigenvalue weighted by Gasteiger charge is -2.18. The standard InChI is InChI=1S/C23H26N2O5/c1-15(21(26)24-17-7-3-4-8-17)30-23(28)19-9-5-6-10-20(19)25-22(27)16-11-13-18(29-2)14-12-16/h5-6,9-15,17H,3-4,7-8H2,1-2H3,(H,24,26)(H,25,27)/t15-/m1/s1. The van der Waals surface area contributed by atoms with Crippen molar-refractivity contribution in [2.75, 3.05) is 12.4 Å². The molecule has 2 N–H and O–H groups in total. The van der Waals surface area contributed by atoms with Gasteiger partial charge in [0.05, 0.1) is 18.4 Å². The van der Waals surface area contributed by atoms with Crippen LogP contribution in [0.1, 0.15) is 53.3 Å². The van der Waals surface area contributed by atoms with Crippen molar-refractivity contribution in [3.05, 3.63) is 59.7 Å². The highest BCUT2D eigenvalue weighted by Gasteiger charge is 2.24. The minimum atomic E-state index is -0.927. The molecule has 0 unspecified atom stereocenters. The summed E-state index contributed by atoms with van der Waals surface area (Å²) in [6.07, 6.45) is 3.17. The Balaban J connectivity index is 1.65. The fraction of sp³-hybridized carbons (Fsp3) is 0.348. The van der Waals surface area contributed by atoms with Crippen LogP contribution in [0.5, 0.6) is 5.75 Å². The van der Waals surface area contributed by atoms with Crippen molar-refractivity contribution in [3.63, 3.8) is 0 Å². The molecule has 30 heavy (non-hydrogen) atoms. The maximum absolute atomic E-state index is 12.6. The topological polar surface area (TPSA) is 93.7 Å². The summed E-state index contributed by atoms with van der Waals surface area (Å²) >= 11 is 0. The first-order chi connectivity index (χ1) is 14.5. The van der Waals surface area contributed by atoms with Crippen LogP contribution < -0.4 is 15.4 Å². The monoisotopic (exact) mass is 410 g/mol. The van der Waals surface area contributed by atoms with E-state index in [-0.39, 0.29) is 23.4 Å². The minimum Gasteiger partial charge on any atom is -0.497 e. The van der Waals surface area contributed by atoms with Crippen LogP contribution in [0.15, 0.2) is 48.5 Å². The number of nitrogens with one attached hydrogen (secondary N) is 2. The van der Waals surface area contributed by atoms with Gasteiger partial charge in [-0.25, -0.2) is 4.79 Å². The molecule has 1 atom stereocenters. The van der Waals surface area contributed by atoms with Gasteiger partial charge in [0.2, 0.25) is 0 Å². The quantitative estimate of drug-likeness (QED) is 0.681. The zero-order valence-electron chi connectivity index (χ0n) is 17.1. The normalized spacial score (nSPS) is 14.6. The van der Waals surface area contributed by atoms with E-state index in [2.05, 4.69) is 10.6 Å². The van der Waals surface area contributed by atoms with E-state index in [1.54, 1.807) is 62.6 Å². The van der Waals surface area contributed by atoms with Crippen molar-refractivity contribution in [2.45, 2.75) is 44.8 Å². The molecule has 0 aliphatic heterocycles. The van der Waals surface area contributed by atoms with Crippen molar-refractivity contribution >= 4 is 23.5 Å². The SMILES string of the molecule is COc1ccc(C(=O)Nc2ccccc2C(=O)O[C@H](C)C(=O)NC2CCCC2)cc1. The predicted molar refractivity (Wildman–Crippen MR) is 113 cm³/mol. The van der Waals surface area contributed by atoms with E-state index in [4.69, 9.17) is 9.47 Å². The molecule has 1 saturated carbocycles. The molecule has 7 heteroatoms. The number of benzene rings is 2. The average molecular weight is 410 g/mol. The Bertz CT molecular complexity index is 904. The van der Waals surface area contributed by atoms with Crippen molar-refractivity contribution in [3.8, 4) is 5.75 Å². The third kappa shape index (κ3) is 5.37. The second kappa shape index (κ2) is 9.91. The molecule has 0 heterocycles. The molecule has 0 radical (unpaired) electrons. The minimum absolute atomic E-state index is 0.148. The largest absolute Gasteiger partial charge is 0.497 e. The maximum Gasteiger partial charge on any atom is 0.341 e. The molecule has 0 saturated heterocycles. The summed E-state index contributed by atoms with van der Waals surface area (Å²) in [6, 6.07) is 13.3. The molecule has 0 spiro atoms. The maximum atomic E-state index is 12.6. The number of hydrogen-bond acceptors (Lipinski definition) is 5. The summed E-state index contributed by atoms with van der Waals surface area (Å²) in [4.78, 5) is 37.5. The molecule has 0 bridgehead atoms. The van der Waals surface area contributed by atoms with Gasteiger partial charge in [-0.05, 0) is 56.2 Å². The average Bonchev–Trinajstić information content (AvgIpc) is 3.27. The van der Waals surface area contributed by atoms with Gasteiger partial charge in [0.1, 0.15) is 5.75 Å². The first-order valence-electron chi connectivity index (χ1n) is 10.0. The Labute approximate surface area is 175 Å². The van der Waals surface area contributed by atoms with Crippen LogP contribution in [0.25, 0.3) is 0 Å². The summed E-state index contributed by atoms with van der Waals surface area (Å²) < 4.78 is 10.4. The Morgan fingerprint density at radius 1 is 1.00 bits per heavy atom. The summed E-state index contributed by atoms with van der Waals surface area (Å²) in [6.45, 7) is 1.54. The van der Waals surface area contributed by atoms with Gasteiger partial charge in [-0.3, -0.25) is 9.59 Å². The second-order valence-corrected chi connectivity index (χ2v) is 7.27. The van der Waals surface area contributed by atoms with Crippen LogP contribution in [0, 0.1) is 0 Å². The van der Waals surface area contributed by atoms with Crippen LogP contribution in [0.4, 0.5) is 5.69 Å². The Morgan fingerprint density at radius 2 is 1.67 bits per heavy atom. The number of carbonyl (C=O) groups excluding carboxylic acids is 3. The number of carbonyl (C=O) groups is 3. The fourth-order valence-corrected chi connectivity index (χ4v) is 3.37. The van der Waals surface area contributed by atoms with Gasteiger partial charge < -0.3 is 20.1 Å². The van der Waals surface area contributed by atoms with Crippen LogP contribution in [0.3, 0.4) is 0 Å².